The zero-order valence-electron chi connectivity index (χ0n) is 12.4. The SMILES string of the molecule is CC(C)Oc1ncnc(N(C)Cc2ccccc2Cl)c1N. The number of hydrogen-bond donors (Lipinski definition) is 1. The molecule has 0 spiro atoms. The summed E-state index contributed by atoms with van der Waals surface area (Å²) in [5, 5.41) is 0.718. The van der Waals surface area contributed by atoms with E-state index in [4.69, 9.17) is 22.1 Å². The minimum Gasteiger partial charge on any atom is -0.473 e. The van der Waals surface area contributed by atoms with E-state index >= 15 is 0 Å². The van der Waals surface area contributed by atoms with Crippen molar-refractivity contribution in [3.05, 3.63) is 41.2 Å². The van der Waals surface area contributed by atoms with E-state index in [9.17, 15) is 0 Å². The van der Waals surface area contributed by atoms with Crippen molar-refractivity contribution in [3.63, 3.8) is 0 Å². The van der Waals surface area contributed by atoms with Gasteiger partial charge in [0.2, 0.25) is 5.88 Å². The number of nitrogen functional groups attached to an aromatic ring is 1. The van der Waals surface area contributed by atoms with Gasteiger partial charge in [-0.25, -0.2) is 4.98 Å². The van der Waals surface area contributed by atoms with E-state index in [1.165, 1.54) is 6.33 Å². The van der Waals surface area contributed by atoms with Crippen molar-refractivity contribution in [3.8, 4) is 5.88 Å². The second-order valence-electron chi connectivity index (χ2n) is 5.03. The van der Waals surface area contributed by atoms with Gasteiger partial charge in [0.05, 0.1) is 6.10 Å². The summed E-state index contributed by atoms with van der Waals surface area (Å²) in [5.74, 6) is 1.03. The molecule has 21 heavy (non-hydrogen) atoms. The van der Waals surface area contributed by atoms with Crippen LogP contribution in [0.1, 0.15) is 19.4 Å². The molecule has 0 bridgehead atoms. The molecule has 0 fully saturated rings. The highest BCUT2D eigenvalue weighted by atomic mass is 35.5. The zero-order valence-corrected chi connectivity index (χ0v) is 13.1. The van der Waals surface area contributed by atoms with Crippen LogP contribution in [0.25, 0.3) is 0 Å². The summed E-state index contributed by atoms with van der Waals surface area (Å²) >= 11 is 6.18. The van der Waals surface area contributed by atoms with E-state index in [1.54, 1.807) is 0 Å². The van der Waals surface area contributed by atoms with Crippen molar-refractivity contribution in [2.24, 2.45) is 0 Å². The normalized spacial score (nSPS) is 10.7. The van der Waals surface area contributed by atoms with Gasteiger partial charge in [-0.2, -0.15) is 4.98 Å². The van der Waals surface area contributed by atoms with Gasteiger partial charge in [0.1, 0.15) is 12.0 Å². The number of ether oxygens (including phenoxy) is 1. The van der Waals surface area contributed by atoms with Crippen LogP contribution in [0.5, 0.6) is 5.88 Å². The maximum Gasteiger partial charge on any atom is 0.242 e. The quantitative estimate of drug-likeness (QED) is 0.919. The monoisotopic (exact) mass is 306 g/mol. The van der Waals surface area contributed by atoms with Gasteiger partial charge in [-0.1, -0.05) is 29.8 Å². The smallest absolute Gasteiger partial charge is 0.242 e. The summed E-state index contributed by atoms with van der Waals surface area (Å²) in [5.41, 5.74) is 7.54. The van der Waals surface area contributed by atoms with Crippen molar-refractivity contribution in [1.82, 2.24) is 9.97 Å². The number of anilines is 2. The molecule has 1 aromatic heterocycles. The average molecular weight is 307 g/mol. The molecule has 0 radical (unpaired) electrons. The molecule has 0 aliphatic carbocycles. The van der Waals surface area contributed by atoms with Crippen LogP contribution in [-0.4, -0.2) is 23.1 Å². The Hall–Kier alpha value is -2.01. The fourth-order valence-corrected chi connectivity index (χ4v) is 2.14. The molecule has 2 aromatic rings. The number of hydrogen-bond acceptors (Lipinski definition) is 5. The number of benzene rings is 1. The summed E-state index contributed by atoms with van der Waals surface area (Å²) in [4.78, 5) is 10.2. The van der Waals surface area contributed by atoms with Crippen LogP contribution in [0.4, 0.5) is 11.5 Å². The lowest BCUT2D eigenvalue weighted by Gasteiger charge is -2.21. The van der Waals surface area contributed by atoms with Crippen molar-refractivity contribution in [2.45, 2.75) is 26.5 Å². The lowest BCUT2D eigenvalue weighted by Crippen LogP contribution is -2.20. The van der Waals surface area contributed by atoms with E-state index in [2.05, 4.69) is 9.97 Å². The van der Waals surface area contributed by atoms with Crippen LogP contribution in [0.2, 0.25) is 5.02 Å². The van der Waals surface area contributed by atoms with E-state index in [0.717, 1.165) is 10.6 Å². The van der Waals surface area contributed by atoms with E-state index in [1.807, 2.05) is 50.1 Å². The summed E-state index contributed by atoms with van der Waals surface area (Å²) in [6.07, 6.45) is 1.45. The largest absolute Gasteiger partial charge is 0.473 e. The highest BCUT2D eigenvalue weighted by molar-refractivity contribution is 6.31. The molecule has 6 heteroatoms. The molecule has 0 aliphatic heterocycles. The molecule has 0 atom stereocenters. The predicted octanol–water partition coefficient (Wildman–Crippen LogP) is 3.14. The van der Waals surface area contributed by atoms with Gasteiger partial charge in [0.25, 0.3) is 0 Å². The zero-order chi connectivity index (χ0) is 15.4. The van der Waals surface area contributed by atoms with Crippen LogP contribution in [-0.2, 0) is 6.54 Å². The predicted molar refractivity (Wildman–Crippen MR) is 85.8 cm³/mol. The number of halogens is 1. The molecule has 112 valence electrons. The summed E-state index contributed by atoms with van der Waals surface area (Å²) < 4.78 is 5.58. The Morgan fingerprint density at radius 3 is 2.67 bits per heavy atom. The lowest BCUT2D eigenvalue weighted by atomic mass is 10.2. The molecule has 1 heterocycles. The van der Waals surface area contributed by atoms with Gasteiger partial charge in [0, 0.05) is 18.6 Å². The fourth-order valence-electron chi connectivity index (χ4n) is 1.95. The van der Waals surface area contributed by atoms with Crippen LogP contribution in [0.15, 0.2) is 30.6 Å². The number of rotatable bonds is 5. The fraction of sp³-hybridized carbons (Fsp3) is 0.333. The van der Waals surface area contributed by atoms with E-state index < -0.39 is 0 Å². The van der Waals surface area contributed by atoms with Crippen LogP contribution in [0.3, 0.4) is 0 Å². The Morgan fingerprint density at radius 2 is 2.00 bits per heavy atom. The summed E-state index contributed by atoms with van der Waals surface area (Å²) in [6.45, 7) is 4.45. The molecule has 5 nitrogen and oxygen atoms in total. The first kappa shape index (κ1) is 15.4. The maximum absolute atomic E-state index is 6.18. The Morgan fingerprint density at radius 1 is 1.29 bits per heavy atom. The Balaban J connectivity index is 2.23. The molecule has 1 aromatic carbocycles. The van der Waals surface area contributed by atoms with Crippen molar-refractivity contribution < 1.29 is 4.74 Å². The number of nitrogens with two attached hydrogens (primary N) is 1. The molecule has 0 aliphatic rings. The molecular formula is C15H19ClN4O. The third-order valence-corrected chi connectivity index (χ3v) is 3.27. The van der Waals surface area contributed by atoms with Crippen molar-refractivity contribution >= 4 is 23.1 Å². The second-order valence-corrected chi connectivity index (χ2v) is 5.44. The standard InChI is InChI=1S/C15H19ClN4O/c1-10(2)21-15-13(17)14(18-9-19-15)20(3)8-11-6-4-5-7-12(11)16/h4-7,9-10H,8,17H2,1-3H3. The average Bonchev–Trinajstić information content (AvgIpc) is 2.43. The second kappa shape index (κ2) is 6.63. The summed E-state index contributed by atoms with van der Waals surface area (Å²) in [6, 6.07) is 7.69. The highest BCUT2D eigenvalue weighted by Crippen LogP contribution is 2.29. The topological polar surface area (TPSA) is 64.3 Å². The van der Waals surface area contributed by atoms with Gasteiger partial charge in [-0.3, -0.25) is 0 Å². The Bertz CT molecular complexity index is 618. The minimum absolute atomic E-state index is 0.00363. The van der Waals surface area contributed by atoms with Gasteiger partial charge in [-0.15, -0.1) is 0 Å². The van der Waals surface area contributed by atoms with Gasteiger partial charge < -0.3 is 15.4 Å². The van der Waals surface area contributed by atoms with Gasteiger partial charge in [-0.05, 0) is 25.5 Å². The summed E-state index contributed by atoms with van der Waals surface area (Å²) in [7, 11) is 1.90. The molecule has 2 rings (SSSR count). The van der Waals surface area contributed by atoms with E-state index in [-0.39, 0.29) is 6.10 Å². The van der Waals surface area contributed by atoms with Crippen LogP contribution in [0, 0.1) is 0 Å². The minimum atomic E-state index is 0.00363. The first-order valence-electron chi connectivity index (χ1n) is 6.70. The third-order valence-electron chi connectivity index (χ3n) is 2.90. The van der Waals surface area contributed by atoms with E-state index in [0.29, 0.717) is 23.9 Å². The first-order chi connectivity index (χ1) is 9.99. The van der Waals surface area contributed by atoms with Crippen LogP contribution >= 0.6 is 11.6 Å². The number of aromatic nitrogens is 2. The van der Waals surface area contributed by atoms with Crippen molar-refractivity contribution in [1.29, 1.82) is 0 Å². The first-order valence-corrected chi connectivity index (χ1v) is 7.08. The van der Waals surface area contributed by atoms with Gasteiger partial charge >= 0.3 is 0 Å². The van der Waals surface area contributed by atoms with Crippen molar-refractivity contribution in [2.75, 3.05) is 17.7 Å². The molecule has 0 unspecified atom stereocenters. The lowest BCUT2D eigenvalue weighted by molar-refractivity contribution is 0.234. The third kappa shape index (κ3) is 3.76. The molecule has 0 saturated heterocycles. The van der Waals surface area contributed by atoms with Gasteiger partial charge in [0.15, 0.2) is 5.82 Å². The maximum atomic E-state index is 6.18. The Kier molecular flexibility index (Phi) is 4.85. The molecule has 0 amide bonds. The Labute approximate surface area is 129 Å². The van der Waals surface area contributed by atoms with Crippen LogP contribution < -0.4 is 15.4 Å². The molecular weight excluding hydrogens is 288 g/mol. The molecule has 0 saturated carbocycles. The highest BCUT2D eigenvalue weighted by Gasteiger charge is 2.15. The number of nitrogens with zero attached hydrogens (tertiary/aromatic N) is 3. The molecule has 2 N–H and O–H groups in total.